The van der Waals surface area contributed by atoms with Crippen LogP contribution in [0.25, 0.3) is 0 Å². The second-order valence-electron chi connectivity index (χ2n) is 5.93. The average molecular weight is 402 g/mol. The molecule has 0 aliphatic carbocycles. The second-order valence-corrected chi connectivity index (χ2v) is 5.93. The zero-order valence-corrected chi connectivity index (χ0v) is 14.4. The molecule has 0 aliphatic heterocycles. The van der Waals surface area contributed by atoms with Crippen molar-refractivity contribution in [3.8, 4) is 6.07 Å². The summed E-state index contributed by atoms with van der Waals surface area (Å²) in [5.41, 5.74) is -2.24. The van der Waals surface area contributed by atoms with E-state index in [1.807, 2.05) is 6.07 Å². The first-order chi connectivity index (χ1) is 13.1. The zero-order valence-electron chi connectivity index (χ0n) is 14.4. The molecule has 2 aromatic carbocycles. The number of halogens is 6. The molecule has 0 heterocycles. The van der Waals surface area contributed by atoms with E-state index >= 15 is 0 Å². The quantitative estimate of drug-likeness (QED) is 0.518. The van der Waals surface area contributed by atoms with Crippen molar-refractivity contribution >= 4 is 0 Å². The van der Waals surface area contributed by atoms with E-state index in [9.17, 15) is 26.3 Å². The van der Waals surface area contributed by atoms with Gasteiger partial charge in [0.2, 0.25) is 0 Å². The molecule has 9 heteroatoms. The highest BCUT2D eigenvalue weighted by Crippen LogP contribution is 2.36. The fourth-order valence-corrected chi connectivity index (χ4v) is 2.52. The van der Waals surface area contributed by atoms with Crippen LogP contribution in [0.1, 0.15) is 28.3 Å². The van der Waals surface area contributed by atoms with E-state index in [-0.39, 0.29) is 24.8 Å². The molecule has 0 spiro atoms. The summed E-state index contributed by atoms with van der Waals surface area (Å²) in [4.78, 5) is 0. The van der Waals surface area contributed by atoms with Gasteiger partial charge in [-0.05, 0) is 29.3 Å². The van der Waals surface area contributed by atoms with Crippen molar-refractivity contribution in [3.05, 3.63) is 70.8 Å². The predicted molar refractivity (Wildman–Crippen MR) is 88.9 cm³/mol. The van der Waals surface area contributed by atoms with E-state index in [0.717, 1.165) is 5.56 Å². The van der Waals surface area contributed by atoms with Gasteiger partial charge in [-0.15, -0.1) is 0 Å². The summed E-state index contributed by atoms with van der Waals surface area (Å²) in [6.45, 7) is -0.474. The van der Waals surface area contributed by atoms with Gasteiger partial charge in [0.25, 0.3) is 0 Å². The summed E-state index contributed by atoms with van der Waals surface area (Å²) in [5.74, 6) is 0. The van der Waals surface area contributed by atoms with Gasteiger partial charge in [-0.1, -0.05) is 30.3 Å². The molecule has 0 radical (unpaired) electrons. The molecule has 2 aromatic rings. The van der Waals surface area contributed by atoms with Crippen molar-refractivity contribution in [1.29, 1.82) is 5.26 Å². The first-order valence-electron chi connectivity index (χ1n) is 8.12. The third kappa shape index (κ3) is 6.25. The summed E-state index contributed by atoms with van der Waals surface area (Å²) in [7, 11) is 0. The van der Waals surface area contributed by atoms with Crippen molar-refractivity contribution in [2.24, 2.45) is 0 Å². The monoisotopic (exact) mass is 402 g/mol. The fourth-order valence-electron chi connectivity index (χ4n) is 2.52. The van der Waals surface area contributed by atoms with Crippen LogP contribution < -0.4 is 5.32 Å². The Hall–Kier alpha value is -2.57. The van der Waals surface area contributed by atoms with E-state index in [0.29, 0.717) is 12.1 Å². The molecular weight excluding hydrogens is 386 g/mol. The second kappa shape index (κ2) is 9.08. The van der Waals surface area contributed by atoms with Crippen molar-refractivity contribution in [2.45, 2.75) is 25.0 Å². The molecular formula is C19H16F6N2O. The molecule has 1 atom stereocenters. The Morgan fingerprint density at radius 1 is 0.929 bits per heavy atom. The van der Waals surface area contributed by atoms with Crippen LogP contribution in [0, 0.1) is 11.3 Å². The molecule has 0 aromatic heterocycles. The summed E-state index contributed by atoms with van der Waals surface area (Å²) < 4.78 is 82.8. The lowest BCUT2D eigenvalue weighted by molar-refractivity contribution is -0.143. The lowest BCUT2D eigenvalue weighted by atomic mass is 10.0. The maximum absolute atomic E-state index is 12.9. The van der Waals surface area contributed by atoms with E-state index in [1.165, 1.54) is 0 Å². The minimum Gasteiger partial charge on any atom is -0.375 e. The van der Waals surface area contributed by atoms with Crippen LogP contribution in [0.2, 0.25) is 0 Å². The normalized spacial score (nSPS) is 13.2. The van der Waals surface area contributed by atoms with Crippen LogP contribution in [0.4, 0.5) is 26.3 Å². The minimum absolute atomic E-state index is 0.00466. The highest BCUT2D eigenvalue weighted by Gasteiger charge is 2.36. The van der Waals surface area contributed by atoms with Gasteiger partial charge in [-0.25, -0.2) is 0 Å². The summed E-state index contributed by atoms with van der Waals surface area (Å²) in [6.07, 6.45) is -9.81. The first kappa shape index (κ1) is 21.7. The molecule has 150 valence electrons. The highest BCUT2D eigenvalue weighted by molar-refractivity contribution is 5.33. The fraction of sp³-hybridized carbons (Fsp3) is 0.316. The maximum Gasteiger partial charge on any atom is 0.416 e. The van der Waals surface area contributed by atoms with Crippen LogP contribution in [-0.4, -0.2) is 13.2 Å². The number of alkyl halides is 6. The molecule has 0 fully saturated rings. The van der Waals surface area contributed by atoms with Crippen molar-refractivity contribution in [3.63, 3.8) is 0 Å². The molecule has 3 nitrogen and oxygen atoms in total. The van der Waals surface area contributed by atoms with Gasteiger partial charge in [0.1, 0.15) is 0 Å². The molecule has 2 rings (SSSR count). The molecule has 1 N–H and O–H groups in total. The van der Waals surface area contributed by atoms with E-state index in [1.54, 1.807) is 30.3 Å². The van der Waals surface area contributed by atoms with Gasteiger partial charge >= 0.3 is 12.4 Å². The van der Waals surface area contributed by atoms with Gasteiger partial charge in [-0.2, -0.15) is 31.6 Å². The Morgan fingerprint density at radius 3 is 2.00 bits per heavy atom. The Labute approximate surface area is 157 Å². The Kier molecular flexibility index (Phi) is 7.05. The van der Waals surface area contributed by atoms with Crippen LogP contribution in [0.5, 0.6) is 0 Å². The lowest BCUT2D eigenvalue weighted by Crippen LogP contribution is -2.26. The number of hydrogen-bond donors (Lipinski definition) is 1. The molecule has 0 saturated heterocycles. The summed E-state index contributed by atoms with van der Waals surface area (Å²) in [5, 5.41) is 11.6. The molecule has 28 heavy (non-hydrogen) atoms. The zero-order chi connectivity index (χ0) is 20.8. The average Bonchev–Trinajstić information content (AvgIpc) is 2.63. The molecule has 0 saturated carbocycles. The largest absolute Gasteiger partial charge is 0.416 e. The van der Waals surface area contributed by atoms with Gasteiger partial charge in [0, 0.05) is 0 Å². The standard InChI is InChI=1S/C19H16F6N2O/c20-18(21,22)15-8-13(9-16(10-15)19(23,24)25)11-28-12-17(27-7-6-26)14-4-2-1-3-5-14/h1-5,8-10,17,27H,7,11-12H2/t17-/m1/s1. The number of hydrogen-bond acceptors (Lipinski definition) is 3. The lowest BCUT2D eigenvalue weighted by Gasteiger charge is -2.19. The predicted octanol–water partition coefficient (Wildman–Crippen LogP) is 5.10. The van der Waals surface area contributed by atoms with Crippen molar-refractivity contribution < 1.29 is 31.1 Å². The third-order valence-corrected chi connectivity index (χ3v) is 3.83. The third-order valence-electron chi connectivity index (χ3n) is 3.83. The number of rotatable bonds is 7. The Balaban J connectivity index is 2.15. The van der Waals surface area contributed by atoms with Crippen molar-refractivity contribution in [1.82, 2.24) is 5.32 Å². The first-order valence-corrected chi connectivity index (χ1v) is 8.12. The highest BCUT2D eigenvalue weighted by atomic mass is 19.4. The number of ether oxygens (including phenoxy) is 1. The minimum atomic E-state index is -4.91. The van der Waals surface area contributed by atoms with Gasteiger partial charge < -0.3 is 4.74 Å². The van der Waals surface area contributed by atoms with Gasteiger partial charge in [0.05, 0.1) is 43.0 Å². The van der Waals surface area contributed by atoms with Crippen LogP contribution >= 0.6 is 0 Å². The van der Waals surface area contributed by atoms with E-state index < -0.39 is 36.1 Å². The number of benzene rings is 2. The number of nitriles is 1. The van der Waals surface area contributed by atoms with Crippen LogP contribution in [0.3, 0.4) is 0 Å². The molecule has 0 bridgehead atoms. The van der Waals surface area contributed by atoms with E-state index in [2.05, 4.69) is 5.32 Å². The maximum atomic E-state index is 12.9. The SMILES string of the molecule is N#CCN[C@H](COCc1cc(C(F)(F)F)cc(C(F)(F)F)c1)c1ccccc1. The van der Waals surface area contributed by atoms with Gasteiger partial charge in [-0.3, -0.25) is 5.32 Å². The topological polar surface area (TPSA) is 45.0 Å². The molecule has 0 amide bonds. The Morgan fingerprint density at radius 2 is 1.50 bits per heavy atom. The smallest absolute Gasteiger partial charge is 0.375 e. The van der Waals surface area contributed by atoms with Crippen LogP contribution in [-0.2, 0) is 23.7 Å². The van der Waals surface area contributed by atoms with Crippen molar-refractivity contribution in [2.75, 3.05) is 13.2 Å². The molecule has 0 unspecified atom stereocenters. The van der Waals surface area contributed by atoms with Crippen LogP contribution in [0.15, 0.2) is 48.5 Å². The number of nitrogens with one attached hydrogen (secondary N) is 1. The summed E-state index contributed by atoms with van der Waals surface area (Å²) >= 11 is 0. The van der Waals surface area contributed by atoms with E-state index in [4.69, 9.17) is 10.00 Å². The Bertz CT molecular complexity index is 780. The number of nitrogens with zero attached hydrogens (tertiary/aromatic N) is 1. The molecule has 0 aliphatic rings. The summed E-state index contributed by atoms with van der Waals surface area (Å²) in [6, 6.07) is 11.7. The van der Waals surface area contributed by atoms with Gasteiger partial charge in [0.15, 0.2) is 0 Å².